The van der Waals surface area contributed by atoms with Crippen molar-refractivity contribution in [2.24, 2.45) is 5.92 Å². The molecule has 0 amide bonds. The summed E-state index contributed by atoms with van der Waals surface area (Å²) < 4.78 is 5.45. The van der Waals surface area contributed by atoms with Crippen molar-refractivity contribution >= 4 is 6.29 Å². The minimum Gasteiger partial charge on any atom is -0.493 e. The standard InChI is InChI=1S/C10H12O2/c1-7-4-5-12-10(8-2-3-8)9(7)6-11/h4,6,8H,2-3,5H2,1H3. The Balaban J connectivity index is 2.33. The number of aldehydes is 1. The Kier molecular flexibility index (Phi) is 1.75. The summed E-state index contributed by atoms with van der Waals surface area (Å²) in [5.41, 5.74) is 1.85. The fourth-order valence-corrected chi connectivity index (χ4v) is 1.47. The normalized spacial score (nSPS) is 23.2. The van der Waals surface area contributed by atoms with Gasteiger partial charge in [0, 0.05) is 5.92 Å². The van der Waals surface area contributed by atoms with Gasteiger partial charge in [0.1, 0.15) is 12.4 Å². The van der Waals surface area contributed by atoms with Gasteiger partial charge in [0.05, 0.1) is 5.57 Å². The van der Waals surface area contributed by atoms with Crippen LogP contribution >= 0.6 is 0 Å². The van der Waals surface area contributed by atoms with Crippen LogP contribution in [0.4, 0.5) is 0 Å². The molecule has 0 spiro atoms. The third kappa shape index (κ3) is 1.17. The van der Waals surface area contributed by atoms with E-state index in [0.717, 1.165) is 23.2 Å². The summed E-state index contributed by atoms with van der Waals surface area (Å²) in [5, 5.41) is 0. The highest BCUT2D eigenvalue weighted by atomic mass is 16.5. The minimum atomic E-state index is 0.536. The van der Waals surface area contributed by atoms with E-state index in [2.05, 4.69) is 0 Å². The lowest BCUT2D eigenvalue weighted by molar-refractivity contribution is -0.105. The van der Waals surface area contributed by atoms with Crippen molar-refractivity contribution in [2.75, 3.05) is 6.61 Å². The number of rotatable bonds is 2. The van der Waals surface area contributed by atoms with Gasteiger partial charge in [-0.25, -0.2) is 0 Å². The first-order chi connectivity index (χ1) is 5.83. The summed E-state index contributed by atoms with van der Waals surface area (Å²) in [4.78, 5) is 10.7. The monoisotopic (exact) mass is 164 g/mol. The fraction of sp³-hybridized carbons (Fsp3) is 0.500. The van der Waals surface area contributed by atoms with E-state index >= 15 is 0 Å². The molecule has 0 N–H and O–H groups in total. The summed E-state index contributed by atoms with van der Waals surface area (Å²) in [6, 6.07) is 0. The molecular formula is C10H12O2. The van der Waals surface area contributed by atoms with Crippen LogP contribution < -0.4 is 0 Å². The van der Waals surface area contributed by atoms with Crippen LogP contribution in [-0.2, 0) is 9.53 Å². The average Bonchev–Trinajstić information content (AvgIpc) is 2.86. The lowest BCUT2D eigenvalue weighted by Gasteiger charge is -2.16. The molecule has 0 aromatic heterocycles. The van der Waals surface area contributed by atoms with E-state index < -0.39 is 0 Å². The summed E-state index contributed by atoms with van der Waals surface area (Å²) in [5.74, 6) is 1.47. The van der Waals surface area contributed by atoms with Crippen LogP contribution in [-0.4, -0.2) is 12.9 Å². The highest BCUT2D eigenvalue weighted by Gasteiger charge is 2.31. The topological polar surface area (TPSA) is 26.3 Å². The smallest absolute Gasteiger partial charge is 0.153 e. The lowest BCUT2D eigenvalue weighted by Crippen LogP contribution is -2.08. The van der Waals surface area contributed by atoms with Gasteiger partial charge in [-0.05, 0) is 31.4 Å². The van der Waals surface area contributed by atoms with Gasteiger partial charge in [-0.15, -0.1) is 0 Å². The summed E-state index contributed by atoms with van der Waals surface area (Å²) >= 11 is 0. The molecule has 0 unspecified atom stereocenters. The molecule has 0 saturated heterocycles. The Morgan fingerprint density at radius 1 is 1.58 bits per heavy atom. The van der Waals surface area contributed by atoms with E-state index in [1.54, 1.807) is 0 Å². The Labute approximate surface area is 71.9 Å². The third-order valence-electron chi connectivity index (χ3n) is 2.38. The van der Waals surface area contributed by atoms with E-state index in [-0.39, 0.29) is 0 Å². The van der Waals surface area contributed by atoms with Crippen molar-refractivity contribution in [1.29, 1.82) is 0 Å². The third-order valence-corrected chi connectivity index (χ3v) is 2.38. The molecule has 12 heavy (non-hydrogen) atoms. The van der Waals surface area contributed by atoms with Crippen molar-refractivity contribution < 1.29 is 9.53 Å². The second kappa shape index (κ2) is 2.77. The van der Waals surface area contributed by atoms with Crippen LogP contribution in [0.3, 0.4) is 0 Å². The SMILES string of the molecule is CC1=CCOC(C2CC2)=C1C=O. The Bertz CT molecular complexity index is 270. The summed E-state index contributed by atoms with van der Waals surface area (Å²) in [7, 11) is 0. The van der Waals surface area contributed by atoms with Crippen LogP contribution in [0.5, 0.6) is 0 Å². The number of carbonyl (C=O) groups is 1. The molecule has 0 radical (unpaired) electrons. The van der Waals surface area contributed by atoms with E-state index in [9.17, 15) is 4.79 Å². The quantitative estimate of drug-likeness (QED) is 0.582. The molecule has 0 aromatic rings. The predicted octanol–water partition coefficient (Wildman–Crippen LogP) is 1.83. The first kappa shape index (κ1) is 7.59. The number of hydrogen-bond acceptors (Lipinski definition) is 2. The zero-order valence-electron chi connectivity index (χ0n) is 7.17. The largest absolute Gasteiger partial charge is 0.493 e. The van der Waals surface area contributed by atoms with Crippen molar-refractivity contribution in [1.82, 2.24) is 0 Å². The molecule has 64 valence electrons. The van der Waals surface area contributed by atoms with Crippen molar-refractivity contribution in [3.63, 3.8) is 0 Å². The zero-order valence-corrected chi connectivity index (χ0v) is 7.17. The van der Waals surface area contributed by atoms with E-state index in [4.69, 9.17) is 4.74 Å². The van der Waals surface area contributed by atoms with Crippen LogP contribution in [0.1, 0.15) is 19.8 Å². The highest BCUT2D eigenvalue weighted by molar-refractivity contribution is 5.81. The maximum absolute atomic E-state index is 10.7. The van der Waals surface area contributed by atoms with Crippen molar-refractivity contribution in [3.8, 4) is 0 Å². The average molecular weight is 164 g/mol. The van der Waals surface area contributed by atoms with E-state index in [0.29, 0.717) is 12.5 Å². The summed E-state index contributed by atoms with van der Waals surface area (Å²) in [6.45, 7) is 2.60. The van der Waals surface area contributed by atoms with Gasteiger partial charge in [-0.3, -0.25) is 4.79 Å². The van der Waals surface area contributed by atoms with Crippen LogP contribution in [0.15, 0.2) is 23.0 Å². The highest BCUT2D eigenvalue weighted by Crippen LogP contribution is 2.40. The van der Waals surface area contributed by atoms with Crippen molar-refractivity contribution in [2.45, 2.75) is 19.8 Å². The van der Waals surface area contributed by atoms with E-state index in [1.807, 2.05) is 13.0 Å². The predicted molar refractivity (Wildman–Crippen MR) is 45.5 cm³/mol. The number of ether oxygens (including phenoxy) is 1. The number of hydrogen-bond donors (Lipinski definition) is 0. The lowest BCUT2D eigenvalue weighted by atomic mass is 10.0. The molecule has 1 heterocycles. The molecule has 2 nitrogen and oxygen atoms in total. The molecular weight excluding hydrogens is 152 g/mol. The zero-order chi connectivity index (χ0) is 8.55. The molecule has 0 aromatic carbocycles. The first-order valence-electron chi connectivity index (χ1n) is 4.32. The first-order valence-corrected chi connectivity index (χ1v) is 4.32. The minimum absolute atomic E-state index is 0.536. The van der Waals surface area contributed by atoms with Crippen LogP contribution in [0.2, 0.25) is 0 Å². The second-order valence-corrected chi connectivity index (χ2v) is 3.37. The Morgan fingerprint density at radius 3 is 2.92 bits per heavy atom. The van der Waals surface area contributed by atoms with E-state index in [1.165, 1.54) is 12.8 Å². The van der Waals surface area contributed by atoms with Gasteiger partial charge in [-0.1, -0.05) is 0 Å². The van der Waals surface area contributed by atoms with Gasteiger partial charge in [-0.2, -0.15) is 0 Å². The molecule has 1 fully saturated rings. The van der Waals surface area contributed by atoms with Gasteiger partial charge >= 0.3 is 0 Å². The molecule has 1 aliphatic carbocycles. The Morgan fingerprint density at radius 2 is 2.33 bits per heavy atom. The summed E-state index contributed by atoms with van der Waals surface area (Å²) in [6.07, 6.45) is 5.23. The van der Waals surface area contributed by atoms with Crippen LogP contribution in [0.25, 0.3) is 0 Å². The van der Waals surface area contributed by atoms with Crippen LogP contribution in [0, 0.1) is 5.92 Å². The maximum Gasteiger partial charge on any atom is 0.153 e. The molecule has 2 rings (SSSR count). The Hall–Kier alpha value is -1.05. The number of allylic oxidation sites excluding steroid dienone is 3. The molecule has 1 aliphatic heterocycles. The molecule has 0 bridgehead atoms. The van der Waals surface area contributed by atoms with Gasteiger partial charge in [0.2, 0.25) is 0 Å². The number of carbonyl (C=O) groups excluding carboxylic acids is 1. The molecule has 0 atom stereocenters. The second-order valence-electron chi connectivity index (χ2n) is 3.37. The van der Waals surface area contributed by atoms with Gasteiger partial charge in [0.25, 0.3) is 0 Å². The molecule has 1 saturated carbocycles. The van der Waals surface area contributed by atoms with Gasteiger partial charge in [0.15, 0.2) is 6.29 Å². The maximum atomic E-state index is 10.7. The van der Waals surface area contributed by atoms with Crippen molar-refractivity contribution in [3.05, 3.63) is 23.0 Å². The fourth-order valence-electron chi connectivity index (χ4n) is 1.47. The molecule has 2 heteroatoms. The van der Waals surface area contributed by atoms with Gasteiger partial charge < -0.3 is 4.74 Å². The molecule has 2 aliphatic rings.